The fourth-order valence-corrected chi connectivity index (χ4v) is 2.91. The smallest absolute Gasteiger partial charge is 0.266 e. The lowest BCUT2D eigenvalue weighted by Crippen LogP contribution is -2.60. The quantitative estimate of drug-likeness (QED) is 0.863. The van der Waals surface area contributed by atoms with Crippen LogP contribution in [0.4, 0.5) is 5.82 Å². The highest BCUT2D eigenvalue weighted by Gasteiger charge is 2.52. The van der Waals surface area contributed by atoms with E-state index in [4.69, 9.17) is 4.74 Å². The van der Waals surface area contributed by atoms with Crippen molar-refractivity contribution in [3.8, 4) is 11.8 Å². The number of aromatic nitrogens is 2. The van der Waals surface area contributed by atoms with Crippen molar-refractivity contribution in [2.75, 3.05) is 5.32 Å². The number of aliphatic hydroxyl groups is 1. The predicted octanol–water partition coefficient (Wildman–Crippen LogP) is 1.73. The molecule has 130 valence electrons. The molecular weight excluding hydrogens is 320 g/mol. The van der Waals surface area contributed by atoms with Crippen molar-refractivity contribution in [2.45, 2.75) is 38.0 Å². The molecule has 1 aliphatic rings. The van der Waals surface area contributed by atoms with Gasteiger partial charge in [-0.15, -0.1) is 0 Å². The molecule has 0 amide bonds. The van der Waals surface area contributed by atoms with Crippen LogP contribution >= 0.6 is 0 Å². The molecule has 7 heteroatoms. The van der Waals surface area contributed by atoms with Crippen LogP contribution in [-0.4, -0.2) is 26.1 Å². The summed E-state index contributed by atoms with van der Waals surface area (Å²) in [5.74, 6) is 1.04. The lowest BCUT2D eigenvalue weighted by Gasteiger charge is -2.49. The third-order valence-corrected chi connectivity index (χ3v) is 4.85. The van der Waals surface area contributed by atoms with Crippen LogP contribution in [0.3, 0.4) is 0 Å². The maximum atomic E-state index is 11.5. The van der Waals surface area contributed by atoms with E-state index in [1.807, 2.05) is 0 Å². The second-order valence-corrected chi connectivity index (χ2v) is 6.88. The molecule has 0 aliphatic carbocycles. The van der Waals surface area contributed by atoms with E-state index in [9.17, 15) is 15.2 Å². The molecule has 0 fully saturated rings. The highest BCUT2D eigenvalue weighted by Crippen LogP contribution is 2.47. The van der Waals surface area contributed by atoms with Crippen LogP contribution in [-0.2, 0) is 7.05 Å². The monoisotopic (exact) mass is 340 g/mol. The Bertz CT molecular complexity index is 925. The minimum atomic E-state index is -1.30. The Morgan fingerprint density at radius 2 is 2.04 bits per heavy atom. The first-order valence-corrected chi connectivity index (χ1v) is 7.92. The van der Waals surface area contributed by atoms with Gasteiger partial charge in [-0.05, 0) is 45.0 Å². The van der Waals surface area contributed by atoms with Gasteiger partial charge in [0.25, 0.3) is 5.56 Å². The second-order valence-electron chi connectivity index (χ2n) is 6.88. The minimum absolute atomic E-state index is 0.225. The first-order valence-electron chi connectivity index (χ1n) is 7.92. The zero-order chi connectivity index (χ0) is 18.4. The molecule has 25 heavy (non-hydrogen) atoms. The van der Waals surface area contributed by atoms with E-state index in [0.29, 0.717) is 22.7 Å². The van der Waals surface area contributed by atoms with Crippen molar-refractivity contribution in [1.29, 1.82) is 5.26 Å². The Labute approximate surface area is 145 Å². The van der Waals surface area contributed by atoms with Crippen molar-refractivity contribution in [3.05, 3.63) is 51.8 Å². The van der Waals surface area contributed by atoms with Crippen LogP contribution in [0.25, 0.3) is 0 Å². The molecule has 0 radical (unpaired) electrons. The fourth-order valence-electron chi connectivity index (χ4n) is 2.91. The third kappa shape index (κ3) is 2.75. The van der Waals surface area contributed by atoms with Gasteiger partial charge in [0.1, 0.15) is 22.8 Å². The van der Waals surface area contributed by atoms with Crippen molar-refractivity contribution >= 4 is 5.82 Å². The normalized spacial score (nSPS) is 23.9. The first-order chi connectivity index (χ1) is 11.7. The van der Waals surface area contributed by atoms with E-state index in [0.717, 1.165) is 0 Å². The van der Waals surface area contributed by atoms with E-state index >= 15 is 0 Å². The molecule has 2 N–H and O–H groups in total. The summed E-state index contributed by atoms with van der Waals surface area (Å²) < 4.78 is 7.19. The first kappa shape index (κ1) is 17.0. The number of nitrogens with zero attached hydrogens (tertiary/aromatic N) is 3. The molecule has 7 nitrogen and oxygen atoms in total. The van der Waals surface area contributed by atoms with Crippen molar-refractivity contribution in [1.82, 2.24) is 9.78 Å². The van der Waals surface area contributed by atoms with Gasteiger partial charge in [0.15, 0.2) is 0 Å². The van der Waals surface area contributed by atoms with E-state index in [-0.39, 0.29) is 5.56 Å². The van der Waals surface area contributed by atoms with Gasteiger partial charge in [0.05, 0.1) is 17.7 Å². The van der Waals surface area contributed by atoms with E-state index in [1.165, 1.54) is 10.7 Å². The number of nitriles is 1. The van der Waals surface area contributed by atoms with Crippen LogP contribution < -0.4 is 15.6 Å². The maximum absolute atomic E-state index is 11.5. The maximum Gasteiger partial charge on any atom is 0.266 e. The van der Waals surface area contributed by atoms with E-state index in [1.54, 1.807) is 52.1 Å². The van der Waals surface area contributed by atoms with Crippen LogP contribution in [0.15, 0.2) is 35.1 Å². The van der Waals surface area contributed by atoms with E-state index in [2.05, 4.69) is 16.5 Å². The lowest BCUT2D eigenvalue weighted by molar-refractivity contribution is -0.128. The van der Waals surface area contributed by atoms with Gasteiger partial charge in [0.2, 0.25) is 0 Å². The summed E-state index contributed by atoms with van der Waals surface area (Å²) in [7, 11) is 1.56. The SMILES string of the molecule is Cn1nc(N[C@@H]2c3cc(C#N)ccc3OC(C)(C)[C@@]2(C)O)ccc1=O. The van der Waals surface area contributed by atoms with Gasteiger partial charge in [-0.3, -0.25) is 4.79 Å². The van der Waals surface area contributed by atoms with Gasteiger partial charge in [0, 0.05) is 18.7 Å². The summed E-state index contributed by atoms with van der Waals surface area (Å²) >= 11 is 0. The molecular formula is C18H20N4O3. The van der Waals surface area contributed by atoms with Crippen LogP contribution in [0.2, 0.25) is 0 Å². The zero-order valence-corrected chi connectivity index (χ0v) is 14.6. The van der Waals surface area contributed by atoms with Gasteiger partial charge in [-0.2, -0.15) is 10.4 Å². The van der Waals surface area contributed by atoms with Crippen molar-refractivity contribution in [3.63, 3.8) is 0 Å². The average molecular weight is 340 g/mol. The molecule has 1 aromatic heterocycles. The molecule has 0 unspecified atom stereocenters. The fraction of sp³-hybridized carbons (Fsp3) is 0.389. The summed E-state index contributed by atoms with van der Waals surface area (Å²) in [6, 6.07) is 9.59. The molecule has 3 rings (SSSR count). The molecule has 2 atom stereocenters. The Morgan fingerprint density at radius 3 is 2.68 bits per heavy atom. The number of aryl methyl sites for hydroxylation is 1. The molecule has 0 saturated heterocycles. The van der Waals surface area contributed by atoms with Gasteiger partial charge < -0.3 is 15.2 Å². The number of benzene rings is 1. The van der Waals surface area contributed by atoms with E-state index < -0.39 is 17.2 Å². The molecule has 2 aromatic rings. The highest BCUT2D eigenvalue weighted by atomic mass is 16.5. The molecule has 0 spiro atoms. The number of fused-ring (bicyclic) bond motifs is 1. The Morgan fingerprint density at radius 1 is 1.32 bits per heavy atom. The zero-order valence-electron chi connectivity index (χ0n) is 14.6. The second kappa shape index (κ2) is 5.60. The van der Waals surface area contributed by atoms with Crippen LogP contribution in [0.1, 0.15) is 37.9 Å². The summed E-state index contributed by atoms with van der Waals surface area (Å²) in [6.07, 6.45) is 0. The summed E-state index contributed by atoms with van der Waals surface area (Å²) in [5.41, 5.74) is -1.27. The number of hydrogen-bond acceptors (Lipinski definition) is 6. The average Bonchev–Trinajstić information content (AvgIpc) is 2.55. The van der Waals surface area contributed by atoms with Crippen molar-refractivity contribution < 1.29 is 9.84 Å². The number of hydrogen-bond donors (Lipinski definition) is 2. The van der Waals surface area contributed by atoms with Crippen molar-refractivity contribution in [2.24, 2.45) is 7.05 Å². The topological polar surface area (TPSA) is 100 Å². The van der Waals surface area contributed by atoms with Gasteiger partial charge in [-0.1, -0.05) is 0 Å². The molecule has 0 bridgehead atoms. The van der Waals surface area contributed by atoms with Gasteiger partial charge in [-0.25, -0.2) is 4.68 Å². The van der Waals surface area contributed by atoms with Gasteiger partial charge >= 0.3 is 0 Å². The molecule has 0 saturated carbocycles. The number of rotatable bonds is 2. The van der Waals surface area contributed by atoms with Crippen LogP contribution in [0, 0.1) is 11.3 Å². The number of anilines is 1. The Balaban J connectivity index is 2.13. The third-order valence-electron chi connectivity index (χ3n) is 4.85. The summed E-state index contributed by atoms with van der Waals surface area (Å²) in [6.45, 7) is 5.28. The standard InChI is InChI=1S/C18H20N4O3/c1-17(2)18(3,24)16(20-14-7-8-15(23)22(4)21-14)12-9-11(10-19)5-6-13(12)25-17/h5-9,16,24H,1-4H3,(H,20,21)/t16-,18+/m1/s1. The largest absolute Gasteiger partial charge is 0.484 e. The number of ether oxygens (including phenoxy) is 1. The Kier molecular flexibility index (Phi) is 3.81. The molecule has 2 heterocycles. The molecule has 1 aliphatic heterocycles. The minimum Gasteiger partial charge on any atom is -0.484 e. The predicted molar refractivity (Wildman–Crippen MR) is 92.3 cm³/mol. The van der Waals surface area contributed by atoms with Crippen LogP contribution in [0.5, 0.6) is 5.75 Å². The lowest BCUT2D eigenvalue weighted by atomic mass is 9.75. The highest BCUT2D eigenvalue weighted by molar-refractivity contribution is 5.51. The molecule has 1 aromatic carbocycles. The summed E-state index contributed by atoms with van der Waals surface area (Å²) in [4.78, 5) is 11.5. The Hall–Kier alpha value is -2.85. The summed E-state index contributed by atoms with van der Waals surface area (Å²) in [5, 5.41) is 27.7. The number of nitrogens with one attached hydrogen (secondary N) is 1.